The average molecular weight is 192 g/mol. The molecule has 72 valence electrons. The summed E-state index contributed by atoms with van der Waals surface area (Å²) in [6, 6.07) is 0. The molecule has 0 atom stereocenters. The molecule has 1 rings (SSSR count). The average Bonchev–Trinajstić information content (AvgIpc) is 2.12. The fourth-order valence-electron chi connectivity index (χ4n) is 0.984. The predicted octanol–water partition coefficient (Wildman–Crippen LogP) is 0.698. The Bertz CT molecular complexity index is 360. The minimum absolute atomic E-state index is 0.143. The molecule has 0 saturated carbocycles. The Balaban J connectivity index is 2.68. The van der Waals surface area contributed by atoms with Gasteiger partial charge in [-0.1, -0.05) is 6.58 Å². The topological polar surface area (TPSA) is 60.4 Å². The second-order valence-electron chi connectivity index (χ2n) is 2.60. The Kier molecular flexibility index (Phi) is 3.12. The third-order valence-electron chi connectivity index (χ3n) is 1.58. The van der Waals surface area contributed by atoms with Crippen LogP contribution >= 0.6 is 0 Å². The summed E-state index contributed by atoms with van der Waals surface area (Å²) in [4.78, 5) is 33.0. The number of rotatable bonds is 3. The zero-order chi connectivity index (χ0) is 10.6. The molecule has 0 amide bonds. The van der Waals surface area contributed by atoms with Gasteiger partial charge in [0.1, 0.15) is 0 Å². The van der Waals surface area contributed by atoms with Crippen LogP contribution in [-0.4, -0.2) is 17.5 Å². The van der Waals surface area contributed by atoms with Gasteiger partial charge >= 0.3 is 5.97 Å². The summed E-state index contributed by atoms with van der Waals surface area (Å²) in [6.07, 6.45) is 4.20. The van der Waals surface area contributed by atoms with E-state index >= 15 is 0 Å². The third-order valence-corrected chi connectivity index (χ3v) is 1.58. The van der Waals surface area contributed by atoms with Crippen molar-refractivity contribution in [2.45, 2.75) is 6.42 Å². The van der Waals surface area contributed by atoms with Crippen LogP contribution < -0.4 is 0 Å². The van der Waals surface area contributed by atoms with Crippen LogP contribution in [-0.2, 0) is 19.1 Å². The van der Waals surface area contributed by atoms with E-state index in [0.29, 0.717) is 0 Å². The summed E-state index contributed by atoms with van der Waals surface area (Å²) in [5.41, 5.74) is 0.143. The molecule has 0 aromatic heterocycles. The van der Waals surface area contributed by atoms with Gasteiger partial charge in [0.05, 0.1) is 12.7 Å². The summed E-state index contributed by atoms with van der Waals surface area (Å²) < 4.78 is 4.42. The van der Waals surface area contributed by atoms with E-state index in [1.165, 1.54) is 0 Å². The summed E-state index contributed by atoms with van der Waals surface area (Å²) in [5.74, 6) is -1.25. The van der Waals surface area contributed by atoms with Gasteiger partial charge in [-0.2, -0.15) is 0 Å². The van der Waals surface area contributed by atoms with Crippen LogP contribution in [0.5, 0.6) is 0 Å². The normalized spacial score (nSPS) is 15.0. The lowest BCUT2D eigenvalue weighted by atomic mass is 10.0. The highest BCUT2D eigenvalue weighted by Crippen LogP contribution is 2.10. The van der Waals surface area contributed by atoms with Crippen molar-refractivity contribution in [3.63, 3.8) is 0 Å². The molecule has 4 nitrogen and oxygen atoms in total. The van der Waals surface area contributed by atoms with E-state index in [0.717, 1.165) is 24.5 Å². The number of esters is 1. The van der Waals surface area contributed by atoms with Crippen LogP contribution in [0, 0.1) is 0 Å². The van der Waals surface area contributed by atoms with Gasteiger partial charge in [-0.15, -0.1) is 0 Å². The number of carbonyl (C=O) groups is 3. The number of carbonyl (C=O) groups excluding carboxylic acids is 3. The monoisotopic (exact) mass is 192 g/mol. The molecule has 0 spiro atoms. The molecule has 0 unspecified atom stereocenters. The molecule has 4 heteroatoms. The maximum Gasteiger partial charge on any atom is 0.315 e. The molecule has 14 heavy (non-hydrogen) atoms. The maximum atomic E-state index is 11.1. The summed E-state index contributed by atoms with van der Waals surface area (Å²) in [6.45, 7) is 3.20. The molecule has 0 aromatic rings. The Morgan fingerprint density at radius 2 is 2.14 bits per heavy atom. The molecule has 0 N–H and O–H groups in total. The number of ketones is 2. The second kappa shape index (κ2) is 4.32. The van der Waals surface area contributed by atoms with Gasteiger partial charge in [0, 0.05) is 5.57 Å². The lowest BCUT2D eigenvalue weighted by Gasteiger charge is -2.04. The summed E-state index contributed by atoms with van der Waals surface area (Å²) >= 11 is 0. The zero-order valence-corrected chi connectivity index (χ0v) is 7.36. The van der Waals surface area contributed by atoms with Crippen molar-refractivity contribution < 1.29 is 19.1 Å². The first-order chi connectivity index (χ1) is 6.63. The Morgan fingerprint density at radius 1 is 1.43 bits per heavy atom. The van der Waals surface area contributed by atoms with Gasteiger partial charge < -0.3 is 4.74 Å². The number of allylic oxidation sites excluding steroid dienone is 3. The molecule has 1 aliphatic carbocycles. The van der Waals surface area contributed by atoms with E-state index in [-0.39, 0.29) is 23.6 Å². The van der Waals surface area contributed by atoms with Crippen LogP contribution in [0.15, 0.2) is 36.6 Å². The quantitative estimate of drug-likeness (QED) is 0.375. The summed E-state index contributed by atoms with van der Waals surface area (Å²) in [5, 5.41) is 0. The predicted molar refractivity (Wildman–Crippen MR) is 48.1 cm³/mol. The third kappa shape index (κ3) is 2.52. The first kappa shape index (κ1) is 10.1. The van der Waals surface area contributed by atoms with E-state index in [1.54, 1.807) is 0 Å². The molecule has 0 heterocycles. The van der Waals surface area contributed by atoms with Crippen LogP contribution in [0.3, 0.4) is 0 Å². The van der Waals surface area contributed by atoms with Crippen molar-refractivity contribution >= 4 is 17.5 Å². The highest BCUT2D eigenvalue weighted by Gasteiger charge is 2.16. The SMILES string of the molecule is C=COC(=O)CC1=CC(=O)C=CC1=O. The van der Waals surface area contributed by atoms with Gasteiger partial charge in [-0.3, -0.25) is 14.4 Å². The number of hydrogen-bond donors (Lipinski definition) is 0. The zero-order valence-electron chi connectivity index (χ0n) is 7.36. The highest BCUT2D eigenvalue weighted by molar-refractivity contribution is 6.18. The van der Waals surface area contributed by atoms with E-state index in [2.05, 4.69) is 11.3 Å². The highest BCUT2D eigenvalue weighted by atomic mass is 16.5. The molecule has 0 radical (unpaired) electrons. The molecule has 1 aliphatic rings. The van der Waals surface area contributed by atoms with Gasteiger partial charge in [0.25, 0.3) is 0 Å². The van der Waals surface area contributed by atoms with E-state index in [4.69, 9.17) is 0 Å². The molecule has 0 bridgehead atoms. The first-order valence-corrected chi connectivity index (χ1v) is 3.91. The smallest absolute Gasteiger partial charge is 0.315 e. The molecular formula is C10H8O4. The van der Waals surface area contributed by atoms with E-state index in [1.807, 2.05) is 0 Å². The fraction of sp³-hybridized carbons (Fsp3) is 0.100. The molecule has 0 aromatic carbocycles. The number of hydrogen-bond acceptors (Lipinski definition) is 4. The van der Waals surface area contributed by atoms with Gasteiger partial charge in [0.2, 0.25) is 0 Å². The van der Waals surface area contributed by atoms with Crippen molar-refractivity contribution in [2.75, 3.05) is 0 Å². The van der Waals surface area contributed by atoms with Crippen LogP contribution in [0.1, 0.15) is 6.42 Å². The van der Waals surface area contributed by atoms with Crippen molar-refractivity contribution in [3.05, 3.63) is 36.6 Å². The first-order valence-electron chi connectivity index (χ1n) is 3.91. The van der Waals surface area contributed by atoms with Gasteiger partial charge in [0.15, 0.2) is 11.6 Å². The Labute approximate surface area is 80.5 Å². The van der Waals surface area contributed by atoms with Crippen LogP contribution in [0.25, 0.3) is 0 Å². The van der Waals surface area contributed by atoms with Crippen LogP contribution in [0.4, 0.5) is 0 Å². The Hall–Kier alpha value is -1.97. The molecular weight excluding hydrogens is 184 g/mol. The number of ether oxygens (including phenoxy) is 1. The van der Waals surface area contributed by atoms with E-state index < -0.39 is 5.97 Å². The van der Waals surface area contributed by atoms with Crippen LogP contribution in [0.2, 0.25) is 0 Å². The second-order valence-corrected chi connectivity index (χ2v) is 2.60. The molecule has 0 aliphatic heterocycles. The molecule has 0 saturated heterocycles. The van der Waals surface area contributed by atoms with Crippen molar-refractivity contribution in [2.24, 2.45) is 0 Å². The Morgan fingerprint density at radius 3 is 2.79 bits per heavy atom. The minimum Gasteiger partial charge on any atom is -0.435 e. The lowest BCUT2D eigenvalue weighted by Crippen LogP contribution is -2.12. The lowest BCUT2D eigenvalue weighted by molar-refractivity contribution is -0.137. The summed E-state index contributed by atoms with van der Waals surface area (Å²) in [7, 11) is 0. The van der Waals surface area contributed by atoms with Gasteiger partial charge in [-0.25, -0.2) is 0 Å². The minimum atomic E-state index is -0.609. The van der Waals surface area contributed by atoms with Crippen molar-refractivity contribution in [1.29, 1.82) is 0 Å². The van der Waals surface area contributed by atoms with Crippen molar-refractivity contribution in [3.8, 4) is 0 Å². The molecule has 0 fully saturated rings. The maximum absolute atomic E-state index is 11.1. The van der Waals surface area contributed by atoms with E-state index in [9.17, 15) is 14.4 Å². The largest absolute Gasteiger partial charge is 0.435 e. The fourth-order valence-corrected chi connectivity index (χ4v) is 0.984. The standard InChI is InChI=1S/C10H8O4/c1-2-14-10(13)6-7-5-8(11)3-4-9(7)12/h2-5H,1,6H2. The van der Waals surface area contributed by atoms with Crippen molar-refractivity contribution in [1.82, 2.24) is 0 Å². The van der Waals surface area contributed by atoms with Gasteiger partial charge in [-0.05, 0) is 18.2 Å².